The summed E-state index contributed by atoms with van der Waals surface area (Å²) in [5.74, 6) is -0.318. The van der Waals surface area contributed by atoms with Crippen molar-refractivity contribution >= 4 is 11.3 Å². The predicted molar refractivity (Wildman–Crippen MR) is 68.7 cm³/mol. The standard InChI is InChI=1S/C14H15FOS/c1-3-14(16,12-7-10(2)17-9-12)11-5-4-6-13(15)8-11/h4-9,16H,3H2,1-2H3. The highest BCUT2D eigenvalue weighted by Crippen LogP contribution is 2.35. The van der Waals surface area contributed by atoms with Crippen molar-refractivity contribution in [2.45, 2.75) is 25.9 Å². The Balaban J connectivity index is 2.51. The monoisotopic (exact) mass is 250 g/mol. The summed E-state index contributed by atoms with van der Waals surface area (Å²) < 4.78 is 13.2. The van der Waals surface area contributed by atoms with E-state index >= 15 is 0 Å². The number of rotatable bonds is 3. The van der Waals surface area contributed by atoms with Crippen LogP contribution in [0.5, 0.6) is 0 Å². The summed E-state index contributed by atoms with van der Waals surface area (Å²) in [5.41, 5.74) is 0.359. The second-order valence-electron chi connectivity index (χ2n) is 4.17. The van der Waals surface area contributed by atoms with Crippen molar-refractivity contribution in [3.8, 4) is 0 Å². The van der Waals surface area contributed by atoms with Gasteiger partial charge in [-0.3, -0.25) is 0 Å². The Hall–Kier alpha value is -1.19. The summed E-state index contributed by atoms with van der Waals surface area (Å²) in [6, 6.07) is 8.14. The number of aliphatic hydroxyl groups is 1. The second-order valence-corrected chi connectivity index (χ2v) is 5.29. The van der Waals surface area contributed by atoms with E-state index in [0.717, 1.165) is 10.4 Å². The first-order chi connectivity index (χ1) is 8.06. The van der Waals surface area contributed by atoms with Crippen molar-refractivity contribution in [1.29, 1.82) is 0 Å². The zero-order valence-electron chi connectivity index (χ0n) is 9.90. The van der Waals surface area contributed by atoms with E-state index in [1.807, 2.05) is 25.3 Å². The summed E-state index contributed by atoms with van der Waals surface area (Å²) in [6.07, 6.45) is 0.520. The van der Waals surface area contributed by atoms with Crippen LogP contribution in [0.2, 0.25) is 0 Å². The van der Waals surface area contributed by atoms with E-state index in [9.17, 15) is 9.50 Å². The van der Waals surface area contributed by atoms with Crippen molar-refractivity contribution in [3.05, 3.63) is 57.5 Å². The average Bonchev–Trinajstić information content (AvgIpc) is 2.75. The lowest BCUT2D eigenvalue weighted by molar-refractivity contribution is 0.0766. The Labute approximate surface area is 105 Å². The minimum absolute atomic E-state index is 0.318. The number of hydrogen-bond donors (Lipinski definition) is 1. The molecule has 1 unspecified atom stereocenters. The highest BCUT2D eigenvalue weighted by Gasteiger charge is 2.30. The Bertz CT molecular complexity index is 520. The first-order valence-electron chi connectivity index (χ1n) is 5.60. The summed E-state index contributed by atoms with van der Waals surface area (Å²) >= 11 is 1.59. The molecule has 0 aliphatic carbocycles. The number of hydrogen-bond acceptors (Lipinski definition) is 2. The average molecular weight is 250 g/mol. The summed E-state index contributed by atoms with van der Waals surface area (Å²) in [4.78, 5) is 1.14. The third-order valence-electron chi connectivity index (χ3n) is 3.02. The van der Waals surface area contributed by atoms with Crippen LogP contribution in [0.3, 0.4) is 0 Å². The first-order valence-corrected chi connectivity index (χ1v) is 6.48. The van der Waals surface area contributed by atoms with E-state index in [1.54, 1.807) is 23.5 Å². The highest BCUT2D eigenvalue weighted by atomic mass is 32.1. The molecule has 0 bridgehead atoms. The van der Waals surface area contributed by atoms with Gasteiger partial charge in [-0.15, -0.1) is 11.3 Å². The molecule has 17 heavy (non-hydrogen) atoms. The minimum Gasteiger partial charge on any atom is -0.380 e. The molecule has 1 nitrogen and oxygen atoms in total. The molecule has 0 spiro atoms. The lowest BCUT2D eigenvalue weighted by Gasteiger charge is -2.26. The highest BCUT2D eigenvalue weighted by molar-refractivity contribution is 7.10. The molecule has 3 heteroatoms. The van der Waals surface area contributed by atoms with Crippen LogP contribution in [0.15, 0.2) is 35.7 Å². The predicted octanol–water partition coefficient (Wildman–Crippen LogP) is 3.84. The number of halogens is 1. The Morgan fingerprint density at radius 3 is 2.59 bits per heavy atom. The van der Waals surface area contributed by atoms with Crippen LogP contribution >= 0.6 is 11.3 Å². The maximum Gasteiger partial charge on any atom is 0.123 e. The molecule has 0 radical (unpaired) electrons. The van der Waals surface area contributed by atoms with Gasteiger partial charge in [-0.05, 0) is 48.1 Å². The van der Waals surface area contributed by atoms with Gasteiger partial charge in [-0.25, -0.2) is 4.39 Å². The SMILES string of the molecule is CCC(O)(c1cccc(F)c1)c1csc(C)c1. The van der Waals surface area contributed by atoms with Crippen molar-refractivity contribution < 1.29 is 9.50 Å². The van der Waals surface area contributed by atoms with Crippen LogP contribution in [-0.4, -0.2) is 5.11 Å². The van der Waals surface area contributed by atoms with E-state index in [-0.39, 0.29) is 5.82 Å². The molecule has 1 atom stereocenters. The third kappa shape index (κ3) is 2.26. The van der Waals surface area contributed by atoms with Crippen LogP contribution in [0.25, 0.3) is 0 Å². The molecule has 1 heterocycles. The maximum atomic E-state index is 13.2. The molecule has 1 aromatic carbocycles. The minimum atomic E-state index is -1.09. The van der Waals surface area contributed by atoms with Crippen molar-refractivity contribution in [2.75, 3.05) is 0 Å². The Morgan fingerprint density at radius 1 is 1.29 bits per heavy atom. The van der Waals surface area contributed by atoms with Gasteiger partial charge in [-0.2, -0.15) is 0 Å². The van der Waals surface area contributed by atoms with Crippen molar-refractivity contribution in [1.82, 2.24) is 0 Å². The third-order valence-corrected chi connectivity index (χ3v) is 3.88. The second kappa shape index (κ2) is 4.59. The maximum absolute atomic E-state index is 13.2. The largest absolute Gasteiger partial charge is 0.380 e. The molecule has 2 rings (SSSR count). The molecule has 0 amide bonds. The fourth-order valence-electron chi connectivity index (χ4n) is 1.98. The van der Waals surface area contributed by atoms with Gasteiger partial charge >= 0.3 is 0 Å². The quantitative estimate of drug-likeness (QED) is 0.877. The Morgan fingerprint density at radius 2 is 2.06 bits per heavy atom. The smallest absolute Gasteiger partial charge is 0.123 e. The zero-order chi connectivity index (χ0) is 12.5. The van der Waals surface area contributed by atoms with E-state index in [0.29, 0.717) is 12.0 Å². The molecule has 0 saturated heterocycles. The first kappa shape index (κ1) is 12.3. The summed E-state index contributed by atoms with van der Waals surface area (Å²) in [5, 5.41) is 12.7. The summed E-state index contributed by atoms with van der Waals surface area (Å²) in [7, 11) is 0. The van der Waals surface area contributed by atoms with Gasteiger partial charge < -0.3 is 5.11 Å². The molecule has 0 aliphatic rings. The number of benzene rings is 1. The number of thiophene rings is 1. The van der Waals surface area contributed by atoms with Gasteiger partial charge in [0.05, 0.1) is 0 Å². The molecule has 1 aromatic heterocycles. The molecule has 90 valence electrons. The molecule has 1 N–H and O–H groups in total. The van der Waals surface area contributed by atoms with Gasteiger partial charge in [0, 0.05) is 4.88 Å². The normalized spacial score (nSPS) is 14.6. The fourth-order valence-corrected chi connectivity index (χ4v) is 2.75. The van der Waals surface area contributed by atoms with Gasteiger partial charge in [0.1, 0.15) is 11.4 Å². The van der Waals surface area contributed by atoms with Crippen LogP contribution in [0.1, 0.15) is 29.3 Å². The van der Waals surface area contributed by atoms with Crippen LogP contribution in [-0.2, 0) is 5.60 Å². The zero-order valence-corrected chi connectivity index (χ0v) is 10.7. The van der Waals surface area contributed by atoms with E-state index in [2.05, 4.69) is 0 Å². The van der Waals surface area contributed by atoms with Gasteiger partial charge in [0.25, 0.3) is 0 Å². The van der Waals surface area contributed by atoms with Gasteiger partial charge in [-0.1, -0.05) is 19.1 Å². The summed E-state index contributed by atoms with van der Waals surface area (Å²) in [6.45, 7) is 3.90. The topological polar surface area (TPSA) is 20.2 Å². The van der Waals surface area contributed by atoms with Crippen molar-refractivity contribution in [3.63, 3.8) is 0 Å². The van der Waals surface area contributed by atoms with E-state index in [4.69, 9.17) is 0 Å². The van der Waals surface area contributed by atoms with Crippen molar-refractivity contribution in [2.24, 2.45) is 0 Å². The van der Waals surface area contributed by atoms with Crippen LogP contribution in [0.4, 0.5) is 4.39 Å². The lowest BCUT2D eigenvalue weighted by atomic mass is 9.85. The lowest BCUT2D eigenvalue weighted by Crippen LogP contribution is -2.25. The van der Waals surface area contributed by atoms with Gasteiger partial charge in [0.15, 0.2) is 0 Å². The van der Waals surface area contributed by atoms with Gasteiger partial charge in [0.2, 0.25) is 0 Å². The number of aryl methyl sites for hydroxylation is 1. The van der Waals surface area contributed by atoms with E-state index in [1.165, 1.54) is 12.1 Å². The van der Waals surface area contributed by atoms with Crippen LogP contribution in [0, 0.1) is 12.7 Å². The molecule has 0 aliphatic heterocycles. The molecule has 0 fully saturated rings. The van der Waals surface area contributed by atoms with Crippen LogP contribution < -0.4 is 0 Å². The molecule has 2 aromatic rings. The fraction of sp³-hybridized carbons (Fsp3) is 0.286. The molecular formula is C14H15FOS. The Kier molecular flexibility index (Phi) is 3.31. The molecular weight excluding hydrogens is 235 g/mol. The molecule has 0 saturated carbocycles. The van der Waals surface area contributed by atoms with E-state index < -0.39 is 5.60 Å².